The maximum Gasteiger partial charge on any atom is 0.265 e. The van der Waals surface area contributed by atoms with Crippen LogP contribution in [0.5, 0.6) is 5.75 Å². The minimum atomic E-state index is -3.78. The summed E-state index contributed by atoms with van der Waals surface area (Å²) in [5.74, 6) is 0.258. The molecule has 0 aliphatic carbocycles. The van der Waals surface area contributed by atoms with Gasteiger partial charge in [0.05, 0.1) is 12.8 Å². The predicted molar refractivity (Wildman–Crippen MR) is 80.3 cm³/mol. The normalized spacial score (nSPS) is 11.2. The van der Waals surface area contributed by atoms with Gasteiger partial charge in [-0.15, -0.1) is 0 Å². The average molecular weight is 332 g/mol. The van der Waals surface area contributed by atoms with Crippen LogP contribution in [0.15, 0.2) is 47.4 Å². The first-order chi connectivity index (χ1) is 9.42. The van der Waals surface area contributed by atoms with Crippen LogP contribution in [0.3, 0.4) is 0 Å². The van der Waals surface area contributed by atoms with Crippen molar-refractivity contribution in [3.63, 3.8) is 0 Å². The Bertz CT molecular complexity index is 712. The summed E-state index contributed by atoms with van der Waals surface area (Å²) in [5, 5.41) is 0.686. The van der Waals surface area contributed by atoms with Gasteiger partial charge >= 0.3 is 0 Å². The van der Waals surface area contributed by atoms with Crippen molar-refractivity contribution < 1.29 is 13.2 Å². The van der Waals surface area contributed by atoms with E-state index in [1.54, 1.807) is 18.2 Å². The highest BCUT2D eigenvalue weighted by Gasteiger charge is 2.19. The molecule has 2 aromatic carbocycles. The molecule has 0 saturated carbocycles. The summed E-state index contributed by atoms with van der Waals surface area (Å²) in [6.45, 7) is 0. The highest BCUT2D eigenvalue weighted by atomic mass is 35.5. The van der Waals surface area contributed by atoms with Crippen molar-refractivity contribution in [1.82, 2.24) is 0 Å². The van der Waals surface area contributed by atoms with E-state index in [-0.39, 0.29) is 16.3 Å². The van der Waals surface area contributed by atoms with Crippen LogP contribution in [0.2, 0.25) is 10.0 Å². The Balaban J connectivity index is 2.41. The predicted octanol–water partition coefficient (Wildman–Crippen LogP) is 3.80. The fourth-order valence-electron chi connectivity index (χ4n) is 1.66. The molecule has 7 heteroatoms. The quantitative estimate of drug-likeness (QED) is 0.926. The number of rotatable bonds is 4. The SMILES string of the molecule is COc1ccccc1S(=O)(=O)Nc1cc(Cl)cc(Cl)c1. The summed E-state index contributed by atoms with van der Waals surface area (Å²) in [6.07, 6.45) is 0. The molecule has 2 rings (SSSR count). The number of sulfonamides is 1. The zero-order valence-corrected chi connectivity index (χ0v) is 12.8. The zero-order valence-electron chi connectivity index (χ0n) is 10.4. The van der Waals surface area contributed by atoms with E-state index in [2.05, 4.69) is 4.72 Å². The Morgan fingerprint density at radius 1 is 1.05 bits per heavy atom. The maximum atomic E-state index is 12.3. The molecular weight excluding hydrogens is 321 g/mol. The molecule has 0 bridgehead atoms. The van der Waals surface area contributed by atoms with Crippen molar-refractivity contribution in [2.45, 2.75) is 4.90 Å². The van der Waals surface area contributed by atoms with Gasteiger partial charge in [0, 0.05) is 10.0 Å². The van der Waals surface area contributed by atoms with Crippen LogP contribution >= 0.6 is 23.2 Å². The number of anilines is 1. The van der Waals surface area contributed by atoms with Crippen LogP contribution in [0.4, 0.5) is 5.69 Å². The summed E-state index contributed by atoms with van der Waals surface area (Å²) in [5.41, 5.74) is 0.286. The zero-order chi connectivity index (χ0) is 14.8. The van der Waals surface area contributed by atoms with E-state index in [1.807, 2.05) is 0 Å². The Hall–Kier alpha value is -1.43. The second-order valence-corrected chi connectivity index (χ2v) is 6.44. The molecule has 0 amide bonds. The lowest BCUT2D eigenvalue weighted by molar-refractivity contribution is 0.403. The van der Waals surface area contributed by atoms with Crippen LogP contribution in [0.25, 0.3) is 0 Å². The van der Waals surface area contributed by atoms with E-state index in [4.69, 9.17) is 27.9 Å². The minimum absolute atomic E-state index is 0.0404. The molecule has 20 heavy (non-hydrogen) atoms. The van der Waals surface area contributed by atoms with E-state index in [0.29, 0.717) is 10.0 Å². The van der Waals surface area contributed by atoms with E-state index in [0.717, 1.165) is 0 Å². The third kappa shape index (κ3) is 3.36. The van der Waals surface area contributed by atoms with Gasteiger partial charge in [-0.3, -0.25) is 4.72 Å². The summed E-state index contributed by atoms with van der Waals surface area (Å²) in [6, 6.07) is 10.8. The van der Waals surface area contributed by atoms with Gasteiger partial charge in [0.25, 0.3) is 10.0 Å². The second-order valence-electron chi connectivity index (χ2n) is 3.91. The lowest BCUT2D eigenvalue weighted by Gasteiger charge is -2.11. The standard InChI is InChI=1S/C13H11Cl2NO3S/c1-19-12-4-2-3-5-13(12)20(17,18)16-11-7-9(14)6-10(15)8-11/h2-8,16H,1H3. The maximum absolute atomic E-state index is 12.3. The fraction of sp³-hybridized carbons (Fsp3) is 0.0769. The average Bonchev–Trinajstić information content (AvgIpc) is 2.36. The van der Waals surface area contributed by atoms with Crippen molar-refractivity contribution in [2.75, 3.05) is 11.8 Å². The van der Waals surface area contributed by atoms with E-state index < -0.39 is 10.0 Å². The molecule has 0 atom stereocenters. The summed E-state index contributed by atoms with van der Waals surface area (Å²) in [4.78, 5) is 0.0404. The molecule has 0 heterocycles. The van der Waals surface area contributed by atoms with Crippen molar-refractivity contribution in [3.05, 3.63) is 52.5 Å². The summed E-state index contributed by atoms with van der Waals surface area (Å²) in [7, 11) is -2.37. The van der Waals surface area contributed by atoms with Crippen molar-refractivity contribution in [1.29, 1.82) is 0 Å². The van der Waals surface area contributed by atoms with Gasteiger partial charge in [0.15, 0.2) is 0 Å². The van der Waals surface area contributed by atoms with E-state index in [9.17, 15) is 8.42 Å². The van der Waals surface area contributed by atoms with Crippen molar-refractivity contribution in [2.24, 2.45) is 0 Å². The molecule has 0 aromatic heterocycles. The fourth-order valence-corrected chi connectivity index (χ4v) is 3.40. The van der Waals surface area contributed by atoms with Gasteiger partial charge < -0.3 is 4.74 Å². The molecule has 0 radical (unpaired) electrons. The van der Waals surface area contributed by atoms with Crippen LogP contribution in [0.1, 0.15) is 0 Å². The molecule has 0 aliphatic rings. The topological polar surface area (TPSA) is 55.4 Å². The van der Waals surface area contributed by atoms with Crippen LogP contribution in [-0.4, -0.2) is 15.5 Å². The number of para-hydroxylation sites is 1. The van der Waals surface area contributed by atoms with Gasteiger partial charge in [-0.05, 0) is 30.3 Å². The molecule has 1 N–H and O–H groups in total. The molecule has 0 spiro atoms. The minimum Gasteiger partial charge on any atom is -0.495 e. The van der Waals surface area contributed by atoms with E-state index in [1.165, 1.54) is 31.4 Å². The van der Waals surface area contributed by atoms with Gasteiger partial charge in [0.2, 0.25) is 0 Å². The first-order valence-electron chi connectivity index (χ1n) is 5.54. The van der Waals surface area contributed by atoms with Gasteiger partial charge in [-0.1, -0.05) is 35.3 Å². The number of nitrogens with one attached hydrogen (secondary N) is 1. The molecule has 0 unspecified atom stereocenters. The molecule has 0 aliphatic heterocycles. The lowest BCUT2D eigenvalue weighted by Crippen LogP contribution is -2.14. The Kier molecular flexibility index (Phi) is 4.42. The number of halogens is 2. The van der Waals surface area contributed by atoms with Gasteiger partial charge in [-0.2, -0.15) is 0 Å². The number of methoxy groups -OCH3 is 1. The summed E-state index contributed by atoms with van der Waals surface area (Å²) < 4.78 is 32.1. The lowest BCUT2D eigenvalue weighted by atomic mass is 10.3. The molecule has 106 valence electrons. The molecule has 4 nitrogen and oxygen atoms in total. The Morgan fingerprint density at radius 2 is 1.65 bits per heavy atom. The van der Waals surface area contributed by atoms with Crippen LogP contribution in [-0.2, 0) is 10.0 Å². The largest absolute Gasteiger partial charge is 0.495 e. The number of hydrogen-bond donors (Lipinski definition) is 1. The van der Waals surface area contributed by atoms with Crippen LogP contribution in [0, 0.1) is 0 Å². The molecule has 0 fully saturated rings. The third-order valence-electron chi connectivity index (χ3n) is 2.47. The number of benzene rings is 2. The highest BCUT2D eigenvalue weighted by Crippen LogP contribution is 2.28. The van der Waals surface area contributed by atoms with Crippen LogP contribution < -0.4 is 9.46 Å². The third-order valence-corrected chi connectivity index (χ3v) is 4.33. The summed E-state index contributed by atoms with van der Waals surface area (Å²) >= 11 is 11.7. The second kappa shape index (κ2) is 5.91. The Morgan fingerprint density at radius 3 is 2.25 bits per heavy atom. The first kappa shape index (κ1) is 15.0. The number of ether oxygens (including phenoxy) is 1. The molecule has 2 aromatic rings. The first-order valence-corrected chi connectivity index (χ1v) is 7.78. The van der Waals surface area contributed by atoms with Gasteiger partial charge in [0.1, 0.15) is 10.6 Å². The van der Waals surface area contributed by atoms with Gasteiger partial charge in [-0.25, -0.2) is 8.42 Å². The Labute approximate surface area is 127 Å². The van der Waals surface area contributed by atoms with Crippen molar-refractivity contribution >= 4 is 38.9 Å². The smallest absolute Gasteiger partial charge is 0.265 e. The molecular formula is C13H11Cl2NO3S. The van der Waals surface area contributed by atoms with E-state index >= 15 is 0 Å². The highest BCUT2D eigenvalue weighted by molar-refractivity contribution is 7.92. The number of hydrogen-bond acceptors (Lipinski definition) is 3. The molecule has 0 saturated heterocycles. The van der Waals surface area contributed by atoms with Crippen molar-refractivity contribution in [3.8, 4) is 5.75 Å². The monoisotopic (exact) mass is 331 g/mol.